The largest absolute Gasteiger partial charge is 0.467 e. The second-order valence-corrected chi connectivity index (χ2v) is 5.11. The van der Waals surface area contributed by atoms with E-state index in [2.05, 4.69) is 50.1 Å². The summed E-state index contributed by atoms with van der Waals surface area (Å²) < 4.78 is 5.27. The molecular weight excluding hydrogens is 290 g/mol. The topological polar surface area (TPSA) is 75.9 Å². The molecule has 23 heavy (non-hydrogen) atoms. The van der Waals surface area contributed by atoms with Crippen LogP contribution in [0.3, 0.4) is 0 Å². The number of benzene rings is 1. The van der Waals surface area contributed by atoms with Crippen LogP contribution in [-0.4, -0.2) is 21.7 Å². The molecular formula is C17H19N5O. The quantitative estimate of drug-likeness (QED) is 0.623. The number of furan rings is 1. The zero-order chi connectivity index (χ0) is 15.7. The SMILES string of the molecule is c1ccc(CCCNc2nncc(NCc3ccco3)n2)cc1. The van der Waals surface area contributed by atoms with Gasteiger partial charge in [0.05, 0.1) is 19.0 Å². The number of nitrogens with one attached hydrogen (secondary N) is 2. The summed E-state index contributed by atoms with van der Waals surface area (Å²) in [5.74, 6) is 2.05. The third kappa shape index (κ3) is 4.81. The lowest BCUT2D eigenvalue weighted by Gasteiger charge is -2.07. The van der Waals surface area contributed by atoms with E-state index >= 15 is 0 Å². The highest BCUT2D eigenvalue weighted by molar-refractivity contribution is 5.37. The van der Waals surface area contributed by atoms with E-state index < -0.39 is 0 Å². The lowest BCUT2D eigenvalue weighted by molar-refractivity contribution is 0.517. The van der Waals surface area contributed by atoms with Crippen LogP contribution in [0.5, 0.6) is 0 Å². The summed E-state index contributed by atoms with van der Waals surface area (Å²) in [5.41, 5.74) is 1.34. The predicted octanol–water partition coefficient (Wildman–Crippen LogP) is 3.12. The molecule has 6 nitrogen and oxygen atoms in total. The molecule has 0 spiro atoms. The molecule has 0 unspecified atom stereocenters. The van der Waals surface area contributed by atoms with Crippen LogP contribution in [0, 0.1) is 0 Å². The Morgan fingerprint density at radius 2 is 1.91 bits per heavy atom. The summed E-state index contributed by atoms with van der Waals surface area (Å²) in [7, 11) is 0. The predicted molar refractivity (Wildman–Crippen MR) is 89.1 cm³/mol. The Balaban J connectivity index is 1.44. The molecule has 1 aromatic carbocycles. The third-order valence-electron chi connectivity index (χ3n) is 3.35. The van der Waals surface area contributed by atoms with Crippen molar-refractivity contribution < 1.29 is 4.42 Å². The maximum atomic E-state index is 5.27. The molecule has 0 atom stereocenters. The first-order valence-corrected chi connectivity index (χ1v) is 7.64. The zero-order valence-corrected chi connectivity index (χ0v) is 12.8. The standard InChI is InChI=1S/C17H19N5O/c1-2-6-14(7-3-1)8-4-10-18-17-21-16(13-20-22-17)19-12-15-9-5-11-23-15/h1-3,5-7,9,11,13H,4,8,10,12H2,(H2,18,19,21,22). The smallest absolute Gasteiger partial charge is 0.244 e. The van der Waals surface area contributed by atoms with Gasteiger partial charge < -0.3 is 15.1 Å². The minimum atomic E-state index is 0.530. The summed E-state index contributed by atoms with van der Waals surface area (Å²) in [6.07, 6.45) is 5.28. The number of nitrogens with zero attached hydrogens (tertiary/aromatic N) is 3. The normalized spacial score (nSPS) is 10.4. The van der Waals surface area contributed by atoms with Crippen molar-refractivity contribution in [2.45, 2.75) is 19.4 Å². The van der Waals surface area contributed by atoms with E-state index in [4.69, 9.17) is 4.42 Å². The molecule has 6 heteroatoms. The first-order valence-electron chi connectivity index (χ1n) is 7.64. The number of hydrogen-bond acceptors (Lipinski definition) is 6. The van der Waals surface area contributed by atoms with E-state index in [0.717, 1.165) is 25.1 Å². The third-order valence-corrected chi connectivity index (χ3v) is 3.35. The molecule has 3 aromatic rings. The first-order chi connectivity index (χ1) is 11.4. The lowest BCUT2D eigenvalue weighted by atomic mass is 10.1. The Bertz CT molecular complexity index is 700. The monoisotopic (exact) mass is 309 g/mol. The van der Waals surface area contributed by atoms with Crippen molar-refractivity contribution >= 4 is 11.8 Å². The van der Waals surface area contributed by atoms with E-state index in [1.165, 1.54) is 5.56 Å². The van der Waals surface area contributed by atoms with Gasteiger partial charge in [-0.3, -0.25) is 0 Å². The van der Waals surface area contributed by atoms with E-state index in [9.17, 15) is 0 Å². The summed E-state index contributed by atoms with van der Waals surface area (Å²) in [5, 5.41) is 14.3. The van der Waals surface area contributed by atoms with E-state index in [1.54, 1.807) is 12.5 Å². The van der Waals surface area contributed by atoms with Gasteiger partial charge >= 0.3 is 0 Å². The fraction of sp³-hybridized carbons (Fsp3) is 0.235. The summed E-state index contributed by atoms with van der Waals surface area (Å²) in [6, 6.07) is 14.2. The van der Waals surface area contributed by atoms with Gasteiger partial charge in [0.15, 0.2) is 5.82 Å². The van der Waals surface area contributed by atoms with Crippen molar-refractivity contribution in [1.82, 2.24) is 15.2 Å². The van der Waals surface area contributed by atoms with Crippen molar-refractivity contribution in [2.75, 3.05) is 17.2 Å². The molecule has 0 fully saturated rings. The van der Waals surface area contributed by atoms with Crippen LogP contribution in [0.15, 0.2) is 59.3 Å². The molecule has 3 rings (SSSR count). The Hall–Kier alpha value is -2.89. The Morgan fingerprint density at radius 1 is 1.00 bits per heavy atom. The second-order valence-electron chi connectivity index (χ2n) is 5.11. The average molecular weight is 309 g/mol. The van der Waals surface area contributed by atoms with Crippen molar-refractivity contribution in [3.8, 4) is 0 Å². The van der Waals surface area contributed by atoms with Crippen LogP contribution in [-0.2, 0) is 13.0 Å². The van der Waals surface area contributed by atoms with Crippen LogP contribution in [0.2, 0.25) is 0 Å². The molecule has 2 heterocycles. The first kappa shape index (κ1) is 15.0. The number of aryl methyl sites for hydroxylation is 1. The van der Waals surface area contributed by atoms with Gasteiger partial charge in [-0.1, -0.05) is 30.3 Å². The minimum Gasteiger partial charge on any atom is -0.467 e. The van der Waals surface area contributed by atoms with Crippen molar-refractivity contribution in [3.05, 3.63) is 66.2 Å². The van der Waals surface area contributed by atoms with Gasteiger partial charge in [0, 0.05) is 6.54 Å². The highest BCUT2D eigenvalue weighted by Crippen LogP contribution is 2.08. The van der Waals surface area contributed by atoms with Gasteiger partial charge in [0.1, 0.15) is 5.76 Å². The Morgan fingerprint density at radius 3 is 2.74 bits per heavy atom. The molecule has 0 aliphatic heterocycles. The number of aromatic nitrogens is 3. The highest BCUT2D eigenvalue weighted by atomic mass is 16.3. The summed E-state index contributed by atoms with van der Waals surface area (Å²) >= 11 is 0. The van der Waals surface area contributed by atoms with E-state index in [0.29, 0.717) is 18.3 Å². The molecule has 0 radical (unpaired) electrons. The zero-order valence-electron chi connectivity index (χ0n) is 12.8. The maximum Gasteiger partial charge on any atom is 0.244 e. The molecule has 0 aliphatic carbocycles. The number of anilines is 2. The van der Waals surface area contributed by atoms with Gasteiger partial charge in [-0.05, 0) is 30.5 Å². The fourth-order valence-electron chi connectivity index (χ4n) is 2.19. The molecule has 2 N–H and O–H groups in total. The molecule has 0 aliphatic rings. The molecule has 0 bridgehead atoms. The van der Waals surface area contributed by atoms with Crippen LogP contribution in [0.1, 0.15) is 17.7 Å². The van der Waals surface area contributed by atoms with Crippen LogP contribution in [0.25, 0.3) is 0 Å². The molecule has 2 aromatic heterocycles. The second kappa shape index (κ2) is 7.93. The molecule has 118 valence electrons. The maximum absolute atomic E-state index is 5.27. The molecule has 0 saturated heterocycles. The fourth-order valence-corrected chi connectivity index (χ4v) is 2.19. The van der Waals surface area contributed by atoms with Gasteiger partial charge in [0.25, 0.3) is 0 Å². The lowest BCUT2D eigenvalue weighted by Crippen LogP contribution is -2.09. The molecule has 0 amide bonds. The minimum absolute atomic E-state index is 0.530. The van der Waals surface area contributed by atoms with Crippen molar-refractivity contribution in [2.24, 2.45) is 0 Å². The van der Waals surface area contributed by atoms with E-state index in [-0.39, 0.29) is 0 Å². The Kier molecular flexibility index (Phi) is 5.18. The molecule has 0 saturated carbocycles. The van der Waals surface area contributed by atoms with Crippen molar-refractivity contribution in [3.63, 3.8) is 0 Å². The highest BCUT2D eigenvalue weighted by Gasteiger charge is 2.01. The van der Waals surface area contributed by atoms with Gasteiger partial charge in [-0.25, -0.2) is 0 Å². The summed E-state index contributed by atoms with van der Waals surface area (Å²) in [4.78, 5) is 4.38. The van der Waals surface area contributed by atoms with Crippen LogP contribution >= 0.6 is 0 Å². The summed E-state index contributed by atoms with van der Waals surface area (Å²) in [6.45, 7) is 1.37. The van der Waals surface area contributed by atoms with Gasteiger partial charge in [-0.2, -0.15) is 10.1 Å². The van der Waals surface area contributed by atoms with Crippen LogP contribution in [0.4, 0.5) is 11.8 Å². The van der Waals surface area contributed by atoms with Gasteiger partial charge in [0.2, 0.25) is 5.95 Å². The number of hydrogen-bond donors (Lipinski definition) is 2. The van der Waals surface area contributed by atoms with Crippen molar-refractivity contribution in [1.29, 1.82) is 0 Å². The Labute approximate surface area is 135 Å². The van der Waals surface area contributed by atoms with Crippen LogP contribution < -0.4 is 10.6 Å². The average Bonchev–Trinajstić information content (AvgIpc) is 3.12. The number of rotatable bonds is 8. The van der Waals surface area contributed by atoms with E-state index in [1.807, 2.05) is 18.2 Å². The van der Waals surface area contributed by atoms with Gasteiger partial charge in [-0.15, -0.1) is 5.10 Å².